The molecule has 2 rings (SSSR count). The SMILES string of the molecule is COCC(O)(Cc1cc(F)cc(F)c1)c1ccccc1. The Balaban J connectivity index is 2.34. The van der Waals surface area contributed by atoms with E-state index in [4.69, 9.17) is 4.74 Å². The Labute approximate surface area is 116 Å². The summed E-state index contributed by atoms with van der Waals surface area (Å²) in [6.07, 6.45) is 0.0690. The highest BCUT2D eigenvalue weighted by Gasteiger charge is 2.30. The molecule has 0 aromatic heterocycles. The lowest BCUT2D eigenvalue weighted by atomic mass is 9.88. The van der Waals surface area contributed by atoms with E-state index < -0.39 is 17.2 Å². The highest BCUT2D eigenvalue weighted by Crippen LogP contribution is 2.27. The Morgan fingerprint density at radius 3 is 2.20 bits per heavy atom. The van der Waals surface area contributed by atoms with Crippen LogP contribution < -0.4 is 0 Å². The van der Waals surface area contributed by atoms with E-state index >= 15 is 0 Å². The number of methoxy groups -OCH3 is 1. The maximum atomic E-state index is 13.2. The molecule has 0 saturated carbocycles. The van der Waals surface area contributed by atoms with Crippen molar-refractivity contribution in [1.82, 2.24) is 0 Å². The van der Waals surface area contributed by atoms with Crippen LogP contribution in [-0.2, 0) is 16.8 Å². The second kappa shape index (κ2) is 6.11. The van der Waals surface area contributed by atoms with Crippen molar-refractivity contribution < 1.29 is 18.6 Å². The van der Waals surface area contributed by atoms with Crippen molar-refractivity contribution in [2.75, 3.05) is 13.7 Å². The third-order valence-electron chi connectivity index (χ3n) is 3.11. The summed E-state index contributed by atoms with van der Waals surface area (Å²) in [4.78, 5) is 0. The van der Waals surface area contributed by atoms with Gasteiger partial charge in [0.05, 0.1) is 6.61 Å². The van der Waals surface area contributed by atoms with Gasteiger partial charge in [0.1, 0.15) is 17.2 Å². The highest BCUT2D eigenvalue weighted by molar-refractivity contribution is 5.27. The summed E-state index contributed by atoms with van der Waals surface area (Å²) >= 11 is 0. The number of hydrogen-bond donors (Lipinski definition) is 1. The molecule has 0 amide bonds. The Morgan fingerprint density at radius 1 is 1.05 bits per heavy atom. The first-order valence-electron chi connectivity index (χ1n) is 6.25. The molecule has 106 valence electrons. The number of aliphatic hydroxyl groups is 1. The lowest BCUT2D eigenvalue weighted by molar-refractivity contribution is -0.0356. The normalized spacial score (nSPS) is 14.0. The fourth-order valence-corrected chi connectivity index (χ4v) is 2.27. The van der Waals surface area contributed by atoms with Gasteiger partial charge in [-0.05, 0) is 23.3 Å². The van der Waals surface area contributed by atoms with Gasteiger partial charge in [-0.2, -0.15) is 0 Å². The molecule has 2 aromatic carbocycles. The lowest BCUT2D eigenvalue weighted by Gasteiger charge is -2.28. The van der Waals surface area contributed by atoms with Gasteiger partial charge in [-0.1, -0.05) is 30.3 Å². The minimum absolute atomic E-state index is 0.0369. The van der Waals surface area contributed by atoms with Crippen LogP contribution in [0, 0.1) is 11.6 Å². The average molecular weight is 278 g/mol. The zero-order chi connectivity index (χ0) is 14.6. The minimum Gasteiger partial charge on any atom is -0.382 e. The van der Waals surface area contributed by atoms with Crippen LogP contribution in [0.2, 0.25) is 0 Å². The van der Waals surface area contributed by atoms with E-state index in [2.05, 4.69) is 0 Å². The number of benzene rings is 2. The third kappa shape index (κ3) is 3.40. The maximum absolute atomic E-state index is 13.2. The zero-order valence-electron chi connectivity index (χ0n) is 11.1. The van der Waals surface area contributed by atoms with Crippen LogP contribution in [-0.4, -0.2) is 18.8 Å². The van der Waals surface area contributed by atoms with Crippen molar-refractivity contribution in [3.8, 4) is 0 Å². The molecule has 1 N–H and O–H groups in total. The molecule has 0 aliphatic carbocycles. The molecule has 0 fully saturated rings. The minimum atomic E-state index is -1.32. The van der Waals surface area contributed by atoms with Gasteiger partial charge >= 0.3 is 0 Å². The fourth-order valence-electron chi connectivity index (χ4n) is 2.27. The van der Waals surface area contributed by atoms with Crippen molar-refractivity contribution in [1.29, 1.82) is 0 Å². The molecule has 2 aromatic rings. The zero-order valence-corrected chi connectivity index (χ0v) is 11.1. The third-order valence-corrected chi connectivity index (χ3v) is 3.11. The topological polar surface area (TPSA) is 29.5 Å². The summed E-state index contributed by atoms with van der Waals surface area (Å²) in [5, 5.41) is 10.7. The van der Waals surface area contributed by atoms with Gasteiger partial charge in [-0.15, -0.1) is 0 Å². The van der Waals surface area contributed by atoms with Crippen LogP contribution in [0.5, 0.6) is 0 Å². The fraction of sp³-hybridized carbons (Fsp3) is 0.250. The van der Waals surface area contributed by atoms with E-state index in [1.807, 2.05) is 6.07 Å². The van der Waals surface area contributed by atoms with Crippen LogP contribution in [0.25, 0.3) is 0 Å². The highest BCUT2D eigenvalue weighted by atomic mass is 19.1. The number of halogens is 2. The van der Waals surface area contributed by atoms with Crippen LogP contribution in [0.4, 0.5) is 8.78 Å². The second-order valence-electron chi connectivity index (χ2n) is 4.79. The molecule has 1 atom stereocenters. The van der Waals surface area contributed by atoms with Crippen LogP contribution in [0.15, 0.2) is 48.5 Å². The predicted octanol–water partition coefficient (Wildman–Crippen LogP) is 3.04. The molecule has 20 heavy (non-hydrogen) atoms. The van der Waals surface area contributed by atoms with Gasteiger partial charge < -0.3 is 9.84 Å². The van der Waals surface area contributed by atoms with E-state index in [0.717, 1.165) is 6.07 Å². The summed E-state index contributed by atoms with van der Waals surface area (Å²) in [6, 6.07) is 12.2. The molecule has 0 aliphatic heterocycles. The molecule has 0 heterocycles. The van der Waals surface area contributed by atoms with Gasteiger partial charge in [0.15, 0.2) is 0 Å². The van der Waals surface area contributed by atoms with Gasteiger partial charge in [0.25, 0.3) is 0 Å². The van der Waals surface area contributed by atoms with Crippen molar-refractivity contribution in [2.24, 2.45) is 0 Å². The van der Waals surface area contributed by atoms with Crippen molar-refractivity contribution in [3.05, 3.63) is 71.3 Å². The molecule has 1 unspecified atom stereocenters. The first-order valence-corrected chi connectivity index (χ1v) is 6.25. The first-order chi connectivity index (χ1) is 9.53. The molecule has 0 radical (unpaired) electrons. The van der Waals surface area contributed by atoms with E-state index in [0.29, 0.717) is 11.1 Å². The van der Waals surface area contributed by atoms with Crippen LogP contribution >= 0.6 is 0 Å². The van der Waals surface area contributed by atoms with Gasteiger partial charge in [0.2, 0.25) is 0 Å². The molecular formula is C16H16F2O2. The summed E-state index contributed by atoms with van der Waals surface area (Å²) < 4.78 is 31.5. The predicted molar refractivity (Wildman–Crippen MR) is 72.3 cm³/mol. The standard InChI is InChI=1S/C16H16F2O2/c1-20-11-16(19,13-5-3-2-4-6-13)10-12-7-14(17)9-15(18)8-12/h2-9,19H,10-11H2,1H3. The molecule has 0 spiro atoms. The van der Waals surface area contributed by atoms with Crippen molar-refractivity contribution in [3.63, 3.8) is 0 Å². The number of hydrogen-bond acceptors (Lipinski definition) is 2. The summed E-state index contributed by atoms with van der Waals surface area (Å²) in [6.45, 7) is 0.0369. The van der Waals surface area contributed by atoms with E-state index in [9.17, 15) is 13.9 Å². The maximum Gasteiger partial charge on any atom is 0.126 e. The average Bonchev–Trinajstić information content (AvgIpc) is 2.38. The van der Waals surface area contributed by atoms with E-state index in [1.165, 1.54) is 19.2 Å². The van der Waals surface area contributed by atoms with Crippen LogP contribution in [0.1, 0.15) is 11.1 Å². The Kier molecular flexibility index (Phi) is 4.47. The van der Waals surface area contributed by atoms with Crippen LogP contribution in [0.3, 0.4) is 0 Å². The second-order valence-corrected chi connectivity index (χ2v) is 4.79. The lowest BCUT2D eigenvalue weighted by Crippen LogP contribution is -2.33. The van der Waals surface area contributed by atoms with Crippen molar-refractivity contribution >= 4 is 0 Å². The molecular weight excluding hydrogens is 262 g/mol. The van der Waals surface area contributed by atoms with E-state index in [1.54, 1.807) is 24.3 Å². The smallest absolute Gasteiger partial charge is 0.126 e. The number of ether oxygens (including phenoxy) is 1. The quantitative estimate of drug-likeness (QED) is 0.911. The molecule has 2 nitrogen and oxygen atoms in total. The first kappa shape index (κ1) is 14.6. The Morgan fingerprint density at radius 2 is 1.65 bits per heavy atom. The molecule has 0 bridgehead atoms. The summed E-state index contributed by atoms with van der Waals surface area (Å²) in [7, 11) is 1.47. The molecule has 4 heteroatoms. The summed E-state index contributed by atoms with van der Waals surface area (Å²) in [5.41, 5.74) is -0.298. The Bertz CT molecular complexity index is 552. The monoisotopic (exact) mass is 278 g/mol. The van der Waals surface area contributed by atoms with Gasteiger partial charge in [-0.25, -0.2) is 8.78 Å². The largest absolute Gasteiger partial charge is 0.382 e. The summed E-state index contributed by atoms with van der Waals surface area (Å²) in [5.74, 6) is -1.32. The van der Waals surface area contributed by atoms with Gasteiger partial charge in [-0.3, -0.25) is 0 Å². The molecule has 0 saturated heterocycles. The van der Waals surface area contributed by atoms with E-state index in [-0.39, 0.29) is 13.0 Å². The van der Waals surface area contributed by atoms with Gasteiger partial charge in [0, 0.05) is 19.6 Å². The van der Waals surface area contributed by atoms with Crippen molar-refractivity contribution in [2.45, 2.75) is 12.0 Å². The molecule has 0 aliphatic rings. The Hall–Kier alpha value is -1.78. The number of rotatable bonds is 5.